The van der Waals surface area contributed by atoms with Crippen LogP contribution in [0, 0.1) is 0 Å². The Hall–Kier alpha value is -3.28. The van der Waals surface area contributed by atoms with E-state index >= 15 is 0 Å². The van der Waals surface area contributed by atoms with Gasteiger partial charge in [-0.15, -0.1) is 0 Å². The van der Waals surface area contributed by atoms with Crippen molar-refractivity contribution in [1.29, 1.82) is 0 Å². The molecular weight excluding hydrogens is 435 g/mol. The fraction of sp³-hybridized carbons (Fsp3) is 0.0833. The number of carbonyl (C=O) groups excluding carboxylic acids is 2. The van der Waals surface area contributed by atoms with Crippen LogP contribution in [0.15, 0.2) is 72.8 Å². The lowest BCUT2D eigenvalue weighted by Gasteiger charge is -2.08. The number of hydrogen-bond acceptors (Lipinski definition) is 3. The molecule has 1 N–H and O–H groups in total. The molecule has 156 valence electrons. The third-order valence-electron chi connectivity index (χ3n) is 4.92. The predicted octanol–water partition coefficient (Wildman–Crippen LogP) is 5.83. The van der Waals surface area contributed by atoms with Crippen LogP contribution in [0.5, 0.6) is 5.75 Å². The highest BCUT2D eigenvalue weighted by Gasteiger charge is 2.26. The Bertz CT molecular complexity index is 1280. The molecule has 0 aliphatic carbocycles. The summed E-state index contributed by atoms with van der Waals surface area (Å²) in [6.07, 6.45) is 0. The van der Waals surface area contributed by atoms with Gasteiger partial charge in [-0.25, -0.2) is 0 Å². The van der Waals surface area contributed by atoms with Gasteiger partial charge in [0.2, 0.25) is 0 Å². The third kappa shape index (κ3) is 4.29. The van der Waals surface area contributed by atoms with Gasteiger partial charge in [-0.05, 0) is 35.9 Å². The highest BCUT2D eigenvalue weighted by molar-refractivity contribution is 6.51. The maximum absolute atomic E-state index is 13.1. The van der Waals surface area contributed by atoms with E-state index in [-0.39, 0.29) is 10.7 Å². The van der Waals surface area contributed by atoms with Crippen LogP contribution in [0.4, 0.5) is 5.69 Å². The molecule has 5 nitrogen and oxygen atoms in total. The summed E-state index contributed by atoms with van der Waals surface area (Å²) < 4.78 is 6.97. The van der Waals surface area contributed by atoms with Gasteiger partial charge in [-0.2, -0.15) is 0 Å². The molecule has 0 spiro atoms. The molecule has 0 bridgehead atoms. The second-order valence-corrected chi connectivity index (χ2v) is 7.71. The zero-order chi connectivity index (χ0) is 22.0. The number of para-hydroxylation sites is 1. The number of anilines is 1. The van der Waals surface area contributed by atoms with Crippen LogP contribution in [0.2, 0.25) is 10.2 Å². The number of aromatic nitrogens is 1. The van der Waals surface area contributed by atoms with Crippen molar-refractivity contribution in [1.82, 2.24) is 4.57 Å². The average Bonchev–Trinajstić information content (AvgIpc) is 3.06. The Morgan fingerprint density at radius 3 is 2.45 bits per heavy atom. The minimum Gasteiger partial charge on any atom is -0.497 e. The van der Waals surface area contributed by atoms with Gasteiger partial charge in [0.05, 0.1) is 18.2 Å². The van der Waals surface area contributed by atoms with Gasteiger partial charge in [0, 0.05) is 28.7 Å². The van der Waals surface area contributed by atoms with Crippen molar-refractivity contribution in [2.24, 2.45) is 0 Å². The minimum absolute atomic E-state index is 0.173. The summed E-state index contributed by atoms with van der Waals surface area (Å²) in [7, 11) is 1.53. The molecule has 1 aromatic heterocycles. The molecule has 0 saturated heterocycles. The number of benzene rings is 3. The quantitative estimate of drug-likeness (QED) is 0.295. The van der Waals surface area contributed by atoms with E-state index in [0.29, 0.717) is 28.4 Å². The fourth-order valence-corrected chi connectivity index (χ4v) is 3.88. The first-order valence-corrected chi connectivity index (χ1v) is 10.2. The molecule has 1 amide bonds. The largest absolute Gasteiger partial charge is 0.497 e. The van der Waals surface area contributed by atoms with Crippen LogP contribution in [0.1, 0.15) is 15.9 Å². The van der Waals surface area contributed by atoms with Gasteiger partial charge in [0.1, 0.15) is 10.9 Å². The highest BCUT2D eigenvalue weighted by atomic mass is 35.5. The van der Waals surface area contributed by atoms with Gasteiger partial charge in [0.25, 0.3) is 11.7 Å². The van der Waals surface area contributed by atoms with Crippen molar-refractivity contribution < 1.29 is 14.3 Å². The summed E-state index contributed by atoms with van der Waals surface area (Å²) in [6.45, 7) is 0.432. The average molecular weight is 453 g/mol. The van der Waals surface area contributed by atoms with Crippen LogP contribution >= 0.6 is 23.2 Å². The lowest BCUT2D eigenvalue weighted by atomic mass is 10.1. The Morgan fingerprint density at radius 1 is 0.968 bits per heavy atom. The number of nitrogens with one attached hydrogen (secondary N) is 1. The van der Waals surface area contributed by atoms with Gasteiger partial charge in [-0.1, -0.05) is 59.6 Å². The molecule has 0 aliphatic rings. The third-order valence-corrected chi connectivity index (χ3v) is 5.57. The SMILES string of the molecule is COc1cccc(NC(=O)C(=O)c2c(Cl)n(Cc3ccc(Cl)cc3)c3ccccc23)c1. The lowest BCUT2D eigenvalue weighted by molar-refractivity contribution is -0.112. The Morgan fingerprint density at radius 2 is 1.71 bits per heavy atom. The molecule has 0 atom stereocenters. The van der Waals surface area contributed by atoms with Crippen LogP contribution in [-0.2, 0) is 11.3 Å². The molecule has 0 radical (unpaired) electrons. The van der Waals surface area contributed by atoms with Crippen molar-refractivity contribution in [3.63, 3.8) is 0 Å². The van der Waals surface area contributed by atoms with E-state index in [1.165, 1.54) is 7.11 Å². The fourth-order valence-electron chi connectivity index (χ4n) is 3.42. The number of ketones is 1. The number of halogens is 2. The molecular formula is C24H18Cl2N2O3. The van der Waals surface area contributed by atoms with Crippen LogP contribution in [-0.4, -0.2) is 23.4 Å². The Balaban J connectivity index is 1.69. The van der Waals surface area contributed by atoms with Crippen molar-refractivity contribution in [2.45, 2.75) is 6.54 Å². The van der Waals surface area contributed by atoms with E-state index in [0.717, 1.165) is 11.1 Å². The van der Waals surface area contributed by atoms with E-state index in [4.69, 9.17) is 27.9 Å². The van der Waals surface area contributed by atoms with E-state index in [2.05, 4.69) is 5.32 Å². The summed E-state index contributed by atoms with van der Waals surface area (Å²) in [6, 6.07) is 21.5. The number of fused-ring (bicyclic) bond motifs is 1. The monoisotopic (exact) mass is 452 g/mol. The van der Waals surface area contributed by atoms with E-state index in [1.807, 2.05) is 34.9 Å². The normalized spacial score (nSPS) is 10.8. The molecule has 7 heteroatoms. The predicted molar refractivity (Wildman–Crippen MR) is 123 cm³/mol. The number of methoxy groups -OCH3 is 1. The summed E-state index contributed by atoms with van der Waals surface area (Å²) in [5, 5.41) is 4.09. The van der Waals surface area contributed by atoms with Crippen LogP contribution in [0.25, 0.3) is 10.9 Å². The molecule has 4 rings (SSSR count). The first kappa shape index (κ1) is 21.0. The lowest BCUT2D eigenvalue weighted by Crippen LogP contribution is -2.23. The first-order valence-electron chi connectivity index (χ1n) is 9.49. The molecule has 0 unspecified atom stereocenters. The number of nitrogens with zero attached hydrogens (tertiary/aromatic N) is 1. The number of carbonyl (C=O) groups is 2. The number of Topliss-reactive ketones (excluding diaryl/α,β-unsaturated/α-hetero) is 1. The van der Waals surface area contributed by atoms with Gasteiger partial charge in [0.15, 0.2) is 0 Å². The zero-order valence-corrected chi connectivity index (χ0v) is 18.1. The maximum Gasteiger partial charge on any atom is 0.296 e. The Labute approximate surface area is 189 Å². The topological polar surface area (TPSA) is 60.3 Å². The van der Waals surface area contributed by atoms with Crippen molar-refractivity contribution in [2.75, 3.05) is 12.4 Å². The molecule has 0 aliphatic heterocycles. The van der Waals surface area contributed by atoms with Crippen LogP contribution in [0.3, 0.4) is 0 Å². The van der Waals surface area contributed by atoms with Crippen molar-refractivity contribution in [3.8, 4) is 5.75 Å². The molecule has 0 saturated carbocycles. The number of hydrogen-bond donors (Lipinski definition) is 1. The molecule has 4 aromatic rings. The van der Waals surface area contributed by atoms with Crippen LogP contribution < -0.4 is 10.1 Å². The molecule has 1 heterocycles. The molecule has 3 aromatic carbocycles. The van der Waals surface area contributed by atoms with Gasteiger partial charge >= 0.3 is 0 Å². The second kappa shape index (κ2) is 8.84. The summed E-state index contributed by atoms with van der Waals surface area (Å²) in [5.74, 6) is -0.911. The standard InChI is InChI=1S/C24H18Cl2N2O3/c1-31-18-6-4-5-17(13-18)27-24(30)22(29)21-19-7-2-3-8-20(19)28(23(21)26)14-15-9-11-16(25)12-10-15/h2-13H,14H2,1H3,(H,27,30). The zero-order valence-electron chi connectivity index (χ0n) is 16.6. The molecule has 31 heavy (non-hydrogen) atoms. The summed E-state index contributed by atoms with van der Waals surface area (Å²) in [4.78, 5) is 25.8. The van der Waals surface area contributed by atoms with Crippen molar-refractivity contribution in [3.05, 3.63) is 94.1 Å². The second-order valence-electron chi connectivity index (χ2n) is 6.91. The summed E-state index contributed by atoms with van der Waals surface area (Å²) in [5.41, 5.74) is 2.36. The van der Waals surface area contributed by atoms with E-state index in [9.17, 15) is 9.59 Å². The number of amides is 1. The van der Waals surface area contributed by atoms with Gasteiger partial charge < -0.3 is 14.6 Å². The molecule has 0 fully saturated rings. The summed E-state index contributed by atoms with van der Waals surface area (Å²) >= 11 is 12.6. The van der Waals surface area contributed by atoms with E-state index in [1.54, 1.807) is 42.5 Å². The van der Waals surface area contributed by atoms with E-state index < -0.39 is 11.7 Å². The number of rotatable bonds is 6. The highest BCUT2D eigenvalue weighted by Crippen LogP contribution is 2.32. The van der Waals surface area contributed by atoms with Gasteiger partial charge in [-0.3, -0.25) is 9.59 Å². The van der Waals surface area contributed by atoms with Crippen molar-refractivity contribution >= 4 is 51.5 Å². The number of ether oxygens (including phenoxy) is 1. The maximum atomic E-state index is 13.1. The smallest absolute Gasteiger partial charge is 0.296 e. The minimum atomic E-state index is -0.774. The first-order chi connectivity index (χ1) is 15.0. The Kier molecular flexibility index (Phi) is 5.98.